The van der Waals surface area contributed by atoms with E-state index in [4.69, 9.17) is 16.2 Å². The van der Waals surface area contributed by atoms with Gasteiger partial charge in [0.25, 0.3) is 5.91 Å². The number of hydrogen-bond acceptors (Lipinski definition) is 4. The SMILES string of the molecule is CC1COCCN1c1ccc(N)cc1C(N)=O. The van der Waals surface area contributed by atoms with Gasteiger partial charge in [0, 0.05) is 18.3 Å². The van der Waals surface area contributed by atoms with E-state index in [9.17, 15) is 4.79 Å². The molecule has 1 amide bonds. The monoisotopic (exact) mass is 235 g/mol. The van der Waals surface area contributed by atoms with Gasteiger partial charge in [-0.05, 0) is 25.1 Å². The van der Waals surface area contributed by atoms with Crippen molar-refractivity contribution in [3.63, 3.8) is 0 Å². The largest absolute Gasteiger partial charge is 0.399 e. The molecule has 1 aromatic rings. The third-order valence-electron chi connectivity index (χ3n) is 2.96. The highest BCUT2D eigenvalue weighted by Crippen LogP contribution is 2.26. The quantitative estimate of drug-likeness (QED) is 0.735. The van der Waals surface area contributed by atoms with Crippen LogP contribution in [0.5, 0.6) is 0 Å². The molecule has 0 radical (unpaired) electrons. The smallest absolute Gasteiger partial charge is 0.250 e. The number of nitrogens with two attached hydrogens (primary N) is 2. The van der Waals surface area contributed by atoms with Crippen LogP contribution < -0.4 is 16.4 Å². The maximum Gasteiger partial charge on any atom is 0.250 e. The fourth-order valence-corrected chi connectivity index (χ4v) is 2.09. The van der Waals surface area contributed by atoms with Crippen LogP contribution in [0.3, 0.4) is 0 Å². The van der Waals surface area contributed by atoms with Crippen LogP contribution in [0.4, 0.5) is 11.4 Å². The molecule has 1 unspecified atom stereocenters. The molecule has 5 nitrogen and oxygen atoms in total. The number of primary amides is 1. The Labute approximate surface area is 100 Å². The van der Waals surface area contributed by atoms with E-state index in [1.807, 2.05) is 6.07 Å². The zero-order chi connectivity index (χ0) is 12.4. The lowest BCUT2D eigenvalue weighted by atomic mass is 10.1. The first kappa shape index (κ1) is 11.7. The lowest BCUT2D eigenvalue weighted by Crippen LogP contribution is -2.44. The van der Waals surface area contributed by atoms with Crippen LogP contribution in [0.1, 0.15) is 17.3 Å². The predicted octanol–water partition coefficient (Wildman–Crippen LogP) is 0.593. The van der Waals surface area contributed by atoms with Crippen LogP contribution >= 0.6 is 0 Å². The number of carbonyl (C=O) groups is 1. The molecule has 0 saturated carbocycles. The van der Waals surface area contributed by atoms with Crippen LogP contribution in [-0.2, 0) is 4.74 Å². The van der Waals surface area contributed by atoms with Gasteiger partial charge in [-0.2, -0.15) is 0 Å². The number of amides is 1. The number of nitrogens with zero attached hydrogens (tertiary/aromatic N) is 1. The molecule has 1 atom stereocenters. The van der Waals surface area contributed by atoms with Gasteiger partial charge in [-0.1, -0.05) is 0 Å². The molecule has 0 bridgehead atoms. The van der Waals surface area contributed by atoms with Gasteiger partial charge in [0.05, 0.1) is 24.5 Å². The molecular formula is C12H17N3O2. The van der Waals surface area contributed by atoms with Crippen LogP contribution in [-0.4, -0.2) is 31.7 Å². The first-order chi connectivity index (χ1) is 8.09. The summed E-state index contributed by atoms with van der Waals surface area (Å²) in [5.41, 5.74) is 12.9. The molecule has 0 aliphatic carbocycles. The summed E-state index contributed by atoms with van der Waals surface area (Å²) in [5.74, 6) is -0.453. The van der Waals surface area contributed by atoms with Gasteiger partial charge in [0.2, 0.25) is 0 Å². The minimum atomic E-state index is -0.453. The van der Waals surface area contributed by atoms with Crippen molar-refractivity contribution < 1.29 is 9.53 Å². The number of rotatable bonds is 2. The maximum absolute atomic E-state index is 11.4. The molecule has 1 aliphatic rings. The second-order valence-corrected chi connectivity index (χ2v) is 4.26. The Morgan fingerprint density at radius 3 is 2.94 bits per heavy atom. The number of anilines is 2. The van der Waals surface area contributed by atoms with E-state index in [2.05, 4.69) is 11.8 Å². The van der Waals surface area contributed by atoms with Crippen LogP contribution in [0.25, 0.3) is 0 Å². The molecule has 17 heavy (non-hydrogen) atoms. The van der Waals surface area contributed by atoms with Gasteiger partial charge in [-0.25, -0.2) is 0 Å². The van der Waals surface area contributed by atoms with E-state index < -0.39 is 5.91 Å². The molecule has 4 N–H and O–H groups in total. The van der Waals surface area contributed by atoms with Crippen molar-refractivity contribution in [1.82, 2.24) is 0 Å². The molecule has 92 valence electrons. The number of nitrogen functional groups attached to an aromatic ring is 1. The third-order valence-corrected chi connectivity index (χ3v) is 2.96. The number of ether oxygens (including phenoxy) is 1. The van der Waals surface area contributed by atoms with Crippen molar-refractivity contribution in [1.29, 1.82) is 0 Å². The van der Waals surface area contributed by atoms with E-state index in [0.717, 1.165) is 12.2 Å². The highest BCUT2D eigenvalue weighted by molar-refractivity contribution is 5.99. The number of morpholine rings is 1. The van der Waals surface area contributed by atoms with E-state index >= 15 is 0 Å². The van der Waals surface area contributed by atoms with Crippen molar-refractivity contribution in [3.05, 3.63) is 23.8 Å². The summed E-state index contributed by atoms with van der Waals surface area (Å²) in [7, 11) is 0. The summed E-state index contributed by atoms with van der Waals surface area (Å²) in [6.07, 6.45) is 0. The van der Waals surface area contributed by atoms with E-state index in [1.54, 1.807) is 12.1 Å². The van der Waals surface area contributed by atoms with Crippen molar-refractivity contribution in [2.45, 2.75) is 13.0 Å². The number of carbonyl (C=O) groups excluding carboxylic acids is 1. The minimum absolute atomic E-state index is 0.227. The standard InChI is InChI=1S/C12H17N3O2/c1-8-7-17-5-4-15(8)11-3-2-9(13)6-10(11)12(14)16/h2-3,6,8H,4-5,7,13H2,1H3,(H2,14,16). The molecule has 1 aromatic carbocycles. The Balaban J connectivity index is 2.39. The zero-order valence-electron chi connectivity index (χ0n) is 9.85. The van der Waals surface area contributed by atoms with Crippen molar-refractivity contribution in [3.8, 4) is 0 Å². The van der Waals surface area contributed by atoms with Crippen molar-refractivity contribution in [2.24, 2.45) is 5.73 Å². The first-order valence-electron chi connectivity index (χ1n) is 5.63. The van der Waals surface area contributed by atoms with Crippen LogP contribution in [0.2, 0.25) is 0 Å². The molecule has 5 heteroatoms. The van der Waals surface area contributed by atoms with Gasteiger partial charge in [0.1, 0.15) is 0 Å². The lowest BCUT2D eigenvalue weighted by Gasteiger charge is -2.36. The summed E-state index contributed by atoms with van der Waals surface area (Å²) >= 11 is 0. The fraction of sp³-hybridized carbons (Fsp3) is 0.417. The summed E-state index contributed by atoms with van der Waals surface area (Å²) in [6, 6.07) is 5.48. The first-order valence-corrected chi connectivity index (χ1v) is 5.63. The normalized spacial score (nSPS) is 20.3. The highest BCUT2D eigenvalue weighted by Gasteiger charge is 2.22. The molecule has 1 fully saturated rings. The number of hydrogen-bond donors (Lipinski definition) is 2. The number of benzene rings is 1. The Hall–Kier alpha value is -1.75. The van der Waals surface area contributed by atoms with E-state index in [0.29, 0.717) is 24.5 Å². The molecule has 1 aliphatic heterocycles. The Kier molecular flexibility index (Phi) is 3.19. The summed E-state index contributed by atoms with van der Waals surface area (Å²) in [5, 5.41) is 0. The van der Waals surface area contributed by atoms with Gasteiger partial charge >= 0.3 is 0 Å². The Morgan fingerprint density at radius 2 is 2.29 bits per heavy atom. The second kappa shape index (κ2) is 4.63. The minimum Gasteiger partial charge on any atom is -0.399 e. The topological polar surface area (TPSA) is 81.6 Å². The molecule has 0 spiro atoms. The highest BCUT2D eigenvalue weighted by atomic mass is 16.5. The molecular weight excluding hydrogens is 218 g/mol. The summed E-state index contributed by atoms with van der Waals surface area (Å²) < 4.78 is 5.38. The van der Waals surface area contributed by atoms with E-state index in [-0.39, 0.29) is 6.04 Å². The summed E-state index contributed by atoms with van der Waals surface area (Å²) in [4.78, 5) is 13.6. The maximum atomic E-state index is 11.4. The van der Waals surface area contributed by atoms with Gasteiger partial charge in [0.15, 0.2) is 0 Å². The second-order valence-electron chi connectivity index (χ2n) is 4.26. The van der Waals surface area contributed by atoms with Gasteiger partial charge in [-0.15, -0.1) is 0 Å². The molecule has 0 aromatic heterocycles. The van der Waals surface area contributed by atoms with Crippen molar-refractivity contribution >= 4 is 17.3 Å². The third kappa shape index (κ3) is 2.34. The van der Waals surface area contributed by atoms with Crippen LogP contribution in [0.15, 0.2) is 18.2 Å². The molecule has 1 saturated heterocycles. The van der Waals surface area contributed by atoms with Gasteiger partial charge < -0.3 is 21.1 Å². The van der Waals surface area contributed by atoms with E-state index in [1.165, 1.54) is 0 Å². The summed E-state index contributed by atoms with van der Waals surface area (Å²) in [6.45, 7) is 4.13. The molecule has 2 rings (SSSR count). The fourth-order valence-electron chi connectivity index (χ4n) is 2.09. The average molecular weight is 235 g/mol. The van der Waals surface area contributed by atoms with Crippen molar-refractivity contribution in [2.75, 3.05) is 30.4 Å². The predicted molar refractivity (Wildman–Crippen MR) is 67.0 cm³/mol. The van der Waals surface area contributed by atoms with Crippen LogP contribution in [0, 0.1) is 0 Å². The Bertz CT molecular complexity index is 434. The zero-order valence-corrected chi connectivity index (χ0v) is 9.85. The lowest BCUT2D eigenvalue weighted by molar-refractivity contribution is 0.0969. The average Bonchev–Trinajstić information content (AvgIpc) is 2.30. The molecule has 1 heterocycles. The van der Waals surface area contributed by atoms with Gasteiger partial charge in [-0.3, -0.25) is 4.79 Å². The Morgan fingerprint density at radius 1 is 1.53 bits per heavy atom.